The summed E-state index contributed by atoms with van der Waals surface area (Å²) in [6.45, 7) is 0. The molecule has 0 aliphatic rings. The van der Waals surface area contributed by atoms with E-state index in [0.29, 0.717) is 0 Å². The van der Waals surface area contributed by atoms with Crippen LogP contribution in [0, 0.1) is 0 Å². The van der Waals surface area contributed by atoms with E-state index in [2.05, 4.69) is 22.7 Å². The van der Waals surface area contributed by atoms with Crippen molar-refractivity contribution in [1.29, 1.82) is 0 Å². The minimum Gasteiger partial charge on any atom is -0.375 e. The Bertz CT molecular complexity index is 287. The first-order valence-corrected chi connectivity index (χ1v) is 3.83. The molecule has 3 nitrogen and oxygen atoms in total. The Balaban J connectivity index is 0.00000144. The van der Waals surface area contributed by atoms with Crippen molar-refractivity contribution in [3.8, 4) is 0 Å². The van der Waals surface area contributed by atoms with Gasteiger partial charge in [0.15, 0.2) is 5.11 Å². The number of benzene rings is 1. The molecule has 0 aliphatic heterocycles. The Morgan fingerprint density at radius 1 is 1.38 bits per heavy atom. The molecule has 0 amide bonds. The fourth-order valence-corrected chi connectivity index (χ4v) is 0.762. The Morgan fingerprint density at radius 3 is 2.54 bits per heavy atom. The van der Waals surface area contributed by atoms with Gasteiger partial charge in [0.05, 0.1) is 6.21 Å². The summed E-state index contributed by atoms with van der Waals surface area (Å²) >= 11 is 4.56. The molecule has 0 spiro atoms. The Labute approximate surface area is 95.2 Å². The van der Waals surface area contributed by atoms with Crippen LogP contribution in [0.5, 0.6) is 0 Å². The number of hydrogen-bond acceptors (Lipinski definition) is 2. The van der Waals surface area contributed by atoms with E-state index in [-0.39, 0.29) is 24.6 Å². The molecule has 0 atom stereocenters. The molecule has 13 heavy (non-hydrogen) atoms. The monoisotopic (exact) mass is 281 g/mol. The third-order valence-corrected chi connectivity index (χ3v) is 1.28. The number of rotatable bonds is 2. The van der Waals surface area contributed by atoms with Crippen molar-refractivity contribution in [3.05, 3.63) is 35.9 Å². The third kappa shape index (κ3) is 5.44. The average molecular weight is 280 g/mol. The van der Waals surface area contributed by atoms with E-state index in [1.807, 2.05) is 30.3 Å². The van der Waals surface area contributed by atoms with Crippen LogP contribution in [-0.2, 0) is 19.5 Å². The zero-order chi connectivity index (χ0) is 8.81. The normalized spacial score (nSPS) is 9.23. The van der Waals surface area contributed by atoms with Gasteiger partial charge in [0.2, 0.25) is 0 Å². The largest absolute Gasteiger partial charge is 0.375 e. The van der Waals surface area contributed by atoms with E-state index in [0.717, 1.165) is 5.56 Å². The first-order chi connectivity index (χ1) is 5.79. The quantitative estimate of drug-likeness (QED) is 0.365. The number of nitrogens with two attached hydrogens (primary N) is 1. The molecule has 0 saturated heterocycles. The molecule has 0 fully saturated rings. The smallest absolute Gasteiger partial charge is 0.184 e. The minimum atomic E-state index is 0. The second-order valence-corrected chi connectivity index (χ2v) is 2.58. The van der Waals surface area contributed by atoms with Gasteiger partial charge in [-0.3, -0.25) is 5.43 Å². The number of nitrogens with one attached hydrogen (secondary N) is 1. The fraction of sp³-hybridized carbons (Fsp3) is 0. The van der Waals surface area contributed by atoms with E-state index < -0.39 is 0 Å². The van der Waals surface area contributed by atoms with Gasteiger partial charge in [0.1, 0.15) is 0 Å². The van der Waals surface area contributed by atoms with Crippen LogP contribution in [0.1, 0.15) is 5.56 Å². The van der Waals surface area contributed by atoms with Gasteiger partial charge in [0, 0.05) is 19.5 Å². The molecule has 0 aromatic heterocycles. The Hall–Kier alpha value is -0.797. The maximum atomic E-state index is 5.16. The maximum Gasteiger partial charge on any atom is 0.184 e. The second kappa shape index (κ2) is 6.69. The van der Waals surface area contributed by atoms with Crippen molar-refractivity contribution in [1.82, 2.24) is 5.43 Å². The van der Waals surface area contributed by atoms with Crippen LogP contribution in [-0.4, -0.2) is 11.3 Å². The molecular formula is C8H9N3RuS. The first kappa shape index (κ1) is 12.2. The third-order valence-electron chi connectivity index (χ3n) is 1.19. The van der Waals surface area contributed by atoms with Crippen LogP contribution in [0.2, 0.25) is 0 Å². The molecule has 0 radical (unpaired) electrons. The van der Waals surface area contributed by atoms with Gasteiger partial charge in [-0.15, -0.1) is 0 Å². The molecule has 0 unspecified atom stereocenters. The molecule has 0 aliphatic carbocycles. The maximum absolute atomic E-state index is 5.16. The second-order valence-electron chi connectivity index (χ2n) is 2.14. The van der Waals surface area contributed by atoms with Crippen LogP contribution in [0.15, 0.2) is 35.4 Å². The molecule has 3 N–H and O–H groups in total. The van der Waals surface area contributed by atoms with Crippen molar-refractivity contribution in [2.24, 2.45) is 10.8 Å². The van der Waals surface area contributed by atoms with Crippen molar-refractivity contribution < 1.29 is 19.5 Å². The van der Waals surface area contributed by atoms with Gasteiger partial charge in [-0.05, 0) is 17.8 Å². The van der Waals surface area contributed by atoms with Gasteiger partial charge in [-0.25, -0.2) is 0 Å². The van der Waals surface area contributed by atoms with Gasteiger partial charge < -0.3 is 5.73 Å². The van der Waals surface area contributed by atoms with E-state index in [1.165, 1.54) is 0 Å². The molecule has 1 aromatic rings. The van der Waals surface area contributed by atoms with E-state index in [1.54, 1.807) is 6.21 Å². The number of thiocarbonyl (C=S) groups is 1. The summed E-state index contributed by atoms with van der Waals surface area (Å²) in [7, 11) is 0. The van der Waals surface area contributed by atoms with Crippen molar-refractivity contribution in [3.63, 3.8) is 0 Å². The summed E-state index contributed by atoms with van der Waals surface area (Å²) in [5, 5.41) is 3.97. The summed E-state index contributed by atoms with van der Waals surface area (Å²) in [5.74, 6) is 0. The molecular weight excluding hydrogens is 271 g/mol. The summed E-state index contributed by atoms with van der Waals surface area (Å²) in [5.41, 5.74) is 8.64. The van der Waals surface area contributed by atoms with Gasteiger partial charge in [0.25, 0.3) is 0 Å². The number of hydrazone groups is 1. The molecule has 0 heterocycles. The van der Waals surface area contributed by atoms with E-state index in [9.17, 15) is 0 Å². The van der Waals surface area contributed by atoms with Gasteiger partial charge >= 0.3 is 0 Å². The molecule has 0 bridgehead atoms. The van der Waals surface area contributed by atoms with Crippen molar-refractivity contribution in [2.45, 2.75) is 0 Å². The van der Waals surface area contributed by atoms with Gasteiger partial charge in [-0.2, -0.15) is 5.10 Å². The zero-order valence-electron chi connectivity index (χ0n) is 6.75. The molecule has 0 saturated carbocycles. The Kier molecular flexibility index (Phi) is 6.28. The van der Waals surface area contributed by atoms with Crippen LogP contribution < -0.4 is 11.2 Å². The Morgan fingerprint density at radius 2 is 2.00 bits per heavy atom. The number of hydrogen-bond donors (Lipinski definition) is 2. The molecule has 1 aromatic carbocycles. The van der Waals surface area contributed by atoms with Crippen LogP contribution in [0.25, 0.3) is 0 Å². The summed E-state index contributed by atoms with van der Waals surface area (Å²) < 4.78 is 0. The minimum absolute atomic E-state index is 0. The van der Waals surface area contributed by atoms with Crippen LogP contribution >= 0.6 is 12.2 Å². The van der Waals surface area contributed by atoms with Gasteiger partial charge in [-0.1, -0.05) is 30.3 Å². The SMILES string of the molecule is NC(=S)NN=Cc1ccccc1.[Ru]. The van der Waals surface area contributed by atoms with Crippen molar-refractivity contribution in [2.75, 3.05) is 0 Å². The first-order valence-electron chi connectivity index (χ1n) is 3.42. The summed E-state index contributed by atoms with van der Waals surface area (Å²) in [4.78, 5) is 0. The van der Waals surface area contributed by atoms with E-state index >= 15 is 0 Å². The molecule has 1 rings (SSSR count). The topological polar surface area (TPSA) is 50.4 Å². The summed E-state index contributed by atoms with van der Waals surface area (Å²) in [6.07, 6.45) is 1.65. The number of nitrogens with zero attached hydrogens (tertiary/aromatic N) is 1. The van der Waals surface area contributed by atoms with Crippen LogP contribution in [0.3, 0.4) is 0 Å². The predicted octanol–water partition coefficient (Wildman–Crippen LogP) is 0.851. The summed E-state index contributed by atoms with van der Waals surface area (Å²) in [6, 6.07) is 9.68. The standard InChI is InChI=1S/C8H9N3S.Ru/c9-8(12)11-10-6-7-4-2-1-3-5-7;/h1-6H,(H3,9,11,12);. The average Bonchev–Trinajstić information content (AvgIpc) is 2.05. The van der Waals surface area contributed by atoms with E-state index in [4.69, 9.17) is 5.73 Å². The van der Waals surface area contributed by atoms with Crippen molar-refractivity contribution >= 4 is 23.5 Å². The van der Waals surface area contributed by atoms with Crippen LogP contribution in [0.4, 0.5) is 0 Å². The molecule has 5 heteroatoms. The zero-order valence-corrected chi connectivity index (χ0v) is 9.31. The fourth-order valence-electron chi connectivity index (χ4n) is 0.710. The molecule has 70 valence electrons. The predicted molar refractivity (Wildman–Crippen MR) is 54.0 cm³/mol.